The van der Waals surface area contributed by atoms with Gasteiger partial charge in [0.25, 0.3) is 0 Å². The van der Waals surface area contributed by atoms with Gasteiger partial charge < -0.3 is 14.8 Å². The second-order valence-electron chi connectivity index (χ2n) is 5.01. The molecule has 0 aliphatic heterocycles. The van der Waals surface area contributed by atoms with Crippen molar-refractivity contribution < 1.29 is 9.47 Å². The topological polar surface area (TPSA) is 30.5 Å². The minimum absolute atomic E-state index is 0.140. The predicted octanol–water partition coefficient (Wildman–Crippen LogP) is 2.78. The van der Waals surface area contributed by atoms with E-state index in [1.54, 1.807) is 0 Å². The van der Waals surface area contributed by atoms with Crippen molar-refractivity contribution in [3.63, 3.8) is 0 Å². The maximum absolute atomic E-state index is 5.74. The molecule has 2 rings (SSSR count). The van der Waals surface area contributed by atoms with Gasteiger partial charge in [-0.05, 0) is 44.7 Å². The molecule has 1 aliphatic carbocycles. The molecule has 1 fully saturated rings. The highest BCUT2D eigenvalue weighted by atomic mass is 16.7. The average Bonchev–Trinajstić information content (AvgIpc) is 3.21. The molecule has 1 aromatic rings. The highest BCUT2D eigenvalue weighted by molar-refractivity contribution is 5.26. The summed E-state index contributed by atoms with van der Waals surface area (Å²) in [6, 6.07) is 11.0. The molecule has 19 heavy (non-hydrogen) atoms. The third-order valence-corrected chi connectivity index (χ3v) is 3.82. The minimum atomic E-state index is -0.140. The van der Waals surface area contributed by atoms with Gasteiger partial charge in [0.2, 0.25) is 0 Å². The summed E-state index contributed by atoms with van der Waals surface area (Å²) >= 11 is 0. The van der Waals surface area contributed by atoms with E-state index in [-0.39, 0.29) is 12.3 Å². The quantitative estimate of drug-likeness (QED) is 0.732. The summed E-state index contributed by atoms with van der Waals surface area (Å²) in [5, 5.41) is 3.38. The summed E-state index contributed by atoms with van der Waals surface area (Å²) in [4.78, 5) is 0. The Balaban J connectivity index is 1.99. The van der Waals surface area contributed by atoms with Crippen LogP contribution in [0.4, 0.5) is 0 Å². The predicted molar refractivity (Wildman–Crippen MR) is 77.2 cm³/mol. The summed E-state index contributed by atoms with van der Waals surface area (Å²) in [6.07, 6.45) is 1.07. The first-order valence-electron chi connectivity index (χ1n) is 7.27. The van der Waals surface area contributed by atoms with E-state index in [0.717, 1.165) is 0 Å². The number of hydrogen-bond donors (Lipinski definition) is 1. The maximum Gasteiger partial charge on any atom is 0.172 e. The van der Waals surface area contributed by atoms with Gasteiger partial charge in [0.05, 0.1) is 6.04 Å². The molecule has 3 nitrogen and oxygen atoms in total. The van der Waals surface area contributed by atoms with E-state index < -0.39 is 0 Å². The summed E-state index contributed by atoms with van der Waals surface area (Å²) in [5.41, 5.74) is 1.43. The van der Waals surface area contributed by atoms with Crippen LogP contribution in [0.1, 0.15) is 31.7 Å². The van der Waals surface area contributed by atoms with Crippen LogP contribution >= 0.6 is 0 Å². The molecule has 0 amide bonds. The fourth-order valence-corrected chi connectivity index (χ4v) is 2.83. The molecule has 0 aromatic heterocycles. The van der Waals surface area contributed by atoms with Crippen molar-refractivity contribution in [2.75, 3.05) is 20.3 Å². The fourth-order valence-electron chi connectivity index (χ4n) is 2.83. The zero-order chi connectivity index (χ0) is 13.7. The lowest BCUT2D eigenvalue weighted by atomic mass is 10.0. The van der Waals surface area contributed by atoms with Gasteiger partial charge in [-0.15, -0.1) is 0 Å². The van der Waals surface area contributed by atoms with Gasteiger partial charge in [0.15, 0.2) is 6.29 Å². The van der Waals surface area contributed by atoms with Crippen LogP contribution in [0.5, 0.6) is 0 Å². The Morgan fingerprint density at radius 2 is 1.79 bits per heavy atom. The Labute approximate surface area is 116 Å². The zero-order valence-electron chi connectivity index (χ0n) is 12.1. The molecule has 0 radical (unpaired) electrons. The molecule has 0 heterocycles. The van der Waals surface area contributed by atoms with Crippen molar-refractivity contribution in [3.8, 4) is 0 Å². The van der Waals surface area contributed by atoms with Crippen molar-refractivity contribution in [3.05, 3.63) is 35.9 Å². The number of ether oxygens (including phenoxy) is 2. The number of likely N-dealkylation sites (N-methyl/N-ethyl adjacent to an activating group) is 1. The van der Waals surface area contributed by atoms with Gasteiger partial charge in [-0.3, -0.25) is 0 Å². The minimum Gasteiger partial charge on any atom is -0.351 e. The van der Waals surface area contributed by atoms with Gasteiger partial charge in [-0.1, -0.05) is 30.3 Å². The van der Waals surface area contributed by atoms with E-state index >= 15 is 0 Å². The van der Waals surface area contributed by atoms with Crippen LogP contribution in [0.25, 0.3) is 0 Å². The number of rotatable bonds is 8. The van der Waals surface area contributed by atoms with Gasteiger partial charge in [-0.25, -0.2) is 0 Å². The van der Waals surface area contributed by atoms with Gasteiger partial charge in [-0.2, -0.15) is 0 Å². The SMILES string of the molecule is CCOC(OCC)C(NC)C1CC1c1ccccc1. The van der Waals surface area contributed by atoms with Crippen LogP contribution in [0.15, 0.2) is 30.3 Å². The smallest absolute Gasteiger partial charge is 0.172 e. The Bertz CT molecular complexity index is 362. The third kappa shape index (κ3) is 3.56. The average molecular weight is 263 g/mol. The first-order valence-corrected chi connectivity index (χ1v) is 7.27. The van der Waals surface area contributed by atoms with Crippen LogP contribution in [0, 0.1) is 5.92 Å². The first kappa shape index (κ1) is 14.5. The second kappa shape index (κ2) is 7.04. The molecule has 0 spiro atoms. The monoisotopic (exact) mass is 263 g/mol. The van der Waals surface area contributed by atoms with Gasteiger partial charge in [0, 0.05) is 13.2 Å². The first-order chi connectivity index (χ1) is 9.31. The highest BCUT2D eigenvalue weighted by Crippen LogP contribution is 2.50. The van der Waals surface area contributed by atoms with Crippen LogP contribution in [-0.4, -0.2) is 32.6 Å². The molecule has 3 heteroatoms. The van der Waals surface area contributed by atoms with Crippen molar-refractivity contribution in [2.24, 2.45) is 5.92 Å². The normalized spacial score (nSPS) is 23.6. The lowest BCUT2D eigenvalue weighted by Gasteiger charge is -2.26. The molecular formula is C16H25NO2. The van der Waals surface area contributed by atoms with Crippen molar-refractivity contribution in [2.45, 2.75) is 38.5 Å². The number of benzene rings is 1. The summed E-state index contributed by atoms with van der Waals surface area (Å²) in [6.45, 7) is 5.40. The van der Waals surface area contributed by atoms with Gasteiger partial charge in [0.1, 0.15) is 0 Å². The highest BCUT2D eigenvalue weighted by Gasteiger charge is 2.46. The Morgan fingerprint density at radius 1 is 1.16 bits per heavy atom. The van der Waals surface area contributed by atoms with E-state index in [4.69, 9.17) is 9.47 Å². The molecule has 1 N–H and O–H groups in total. The van der Waals surface area contributed by atoms with Crippen LogP contribution in [0.3, 0.4) is 0 Å². The Hall–Kier alpha value is -0.900. The molecule has 3 atom stereocenters. The molecule has 0 bridgehead atoms. The van der Waals surface area contributed by atoms with Crippen molar-refractivity contribution in [1.29, 1.82) is 0 Å². The van der Waals surface area contributed by atoms with Crippen LogP contribution in [-0.2, 0) is 9.47 Å². The lowest BCUT2D eigenvalue weighted by molar-refractivity contribution is -0.156. The fraction of sp³-hybridized carbons (Fsp3) is 0.625. The molecule has 3 unspecified atom stereocenters. The van der Waals surface area contributed by atoms with Gasteiger partial charge >= 0.3 is 0 Å². The van der Waals surface area contributed by atoms with E-state index in [1.165, 1.54) is 12.0 Å². The van der Waals surface area contributed by atoms with E-state index in [2.05, 4.69) is 35.6 Å². The Kier molecular flexibility index (Phi) is 5.37. The molecule has 0 saturated heterocycles. The Morgan fingerprint density at radius 3 is 2.32 bits per heavy atom. The number of hydrogen-bond acceptors (Lipinski definition) is 3. The molecule has 106 valence electrons. The maximum atomic E-state index is 5.74. The number of nitrogens with one attached hydrogen (secondary N) is 1. The van der Waals surface area contributed by atoms with Crippen molar-refractivity contribution >= 4 is 0 Å². The molecule has 1 saturated carbocycles. The third-order valence-electron chi connectivity index (χ3n) is 3.82. The lowest BCUT2D eigenvalue weighted by Crippen LogP contribution is -2.43. The van der Waals surface area contributed by atoms with Crippen LogP contribution < -0.4 is 5.32 Å². The summed E-state index contributed by atoms with van der Waals surface area (Å²) in [7, 11) is 2.00. The molecular weight excluding hydrogens is 238 g/mol. The van der Waals surface area contributed by atoms with Crippen LogP contribution in [0.2, 0.25) is 0 Å². The second-order valence-corrected chi connectivity index (χ2v) is 5.01. The van der Waals surface area contributed by atoms with Crippen molar-refractivity contribution in [1.82, 2.24) is 5.32 Å². The van der Waals surface area contributed by atoms with E-state index in [0.29, 0.717) is 25.0 Å². The largest absolute Gasteiger partial charge is 0.351 e. The van der Waals surface area contributed by atoms with E-state index in [1.807, 2.05) is 20.9 Å². The standard InChI is InChI=1S/C16H25NO2/c1-4-18-16(19-5-2)15(17-3)14-11-13(14)12-9-7-6-8-10-12/h6-10,13-17H,4-5,11H2,1-3H3. The van der Waals surface area contributed by atoms with E-state index in [9.17, 15) is 0 Å². The zero-order valence-corrected chi connectivity index (χ0v) is 12.1. The molecule has 1 aromatic carbocycles. The molecule has 1 aliphatic rings. The summed E-state index contributed by atoms with van der Waals surface area (Å²) < 4.78 is 11.5. The summed E-state index contributed by atoms with van der Waals surface area (Å²) in [5.74, 6) is 1.25.